The maximum absolute atomic E-state index is 10.3. The van der Waals surface area contributed by atoms with Crippen LogP contribution in [0.15, 0.2) is 24.5 Å². The summed E-state index contributed by atoms with van der Waals surface area (Å²) in [6.45, 7) is 0. The molecule has 0 radical (unpaired) electrons. The van der Waals surface area contributed by atoms with Crippen LogP contribution in [0.5, 0.6) is 0 Å². The van der Waals surface area contributed by atoms with E-state index in [-0.39, 0.29) is 0 Å². The van der Waals surface area contributed by atoms with E-state index in [1.54, 1.807) is 12.3 Å². The van der Waals surface area contributed by atoms with Crippen LogP contribution < -0.4 is 0 Å². The lowest BCUT2D eigenvalue weighted by Crippen LogP contribution is -1.94. The van der Waals surface area contributed by atoms with Crippen LogP contribution in [0.25, 0.3) is 5.52 Å². The van der Waals surface area contributed by atoms with Crippen LogP contribution in [0.2, 0.25) is 5.02 Å². The summed E-state index contributed by atoms with van der Waals surface area (Å²) in [6, 6.07) is 3.58. The summed E-state index contributed by atoms with van der Waals surface area (Å²) in [7, 11) is 0. The Morgan fingerprint density at radius 2 is 2.46 bits per heavy atom. The molecule has 2 heterocycles. The Kier molecular flexibility index (Phi) is 2.02. The Morgan fingerprint density at radius 1 is 1.62 bits per heavy atom. The highest BCUT2D eigenvalue weighted by atomic mass is 35.5. The van der Waals surface area contributed by atoms with Gasteiger partial charge in [0.2, 0.25) is 0 Å². The van der Waals surface area contributed by atoms with Gasteiger partial charge in [-0.15, -0.1) is 0 Å². The standard InChI is InChI=1S/C9H7ClN2O/c10-7-1-3-12-8(5-7)6-11-9(12)2-4-13/h1,3-6H,2H2. The van der Waals surface area contributed by atoms with Gasteiger partial charge in [0, 0.05) is 11.2 Å². The number of rotatable bonds is 2. The predicted octanol–water partition coefficient (Wildman–Crippen LogP) is 1.73. The number of halogens is 1. The molecule has 4 heteroatoms. The largest absolute Gasteiger partial charge is 0.303 e. The molecule has 66 valence electrons. The molecule has 0 aliphatic heterocycles. The van der Waals surface area contributed by atoms with Gasteiger partial charge in [0.05, 0.1) is 18.1 Å². The monoisotopic (exact) mass is 194 g/mol. The topological polar surface area (TPSA) is 34.4 Å². The number of hydrogen-bond acceptors (Lipinski definition) is 2. The minimum atomic E-state index is 0.329. The summed E-state index contributed by atoms with van der Waals surface area (Å²) < 4.78 is 1.85. The third kappa shape index (κ3) is 1.42. The van der Waals surface area contributed by atoms with Gasteiger partial charge in [0.15, 0.2) is 0 Å². The average Bonchev–Trinajstić information content (AvgIpc) is 2.49. The number of aldehydes is 1. The van der Waals surface area contributed by atoms with Gasteiger partial charge in [0.25, 0.3) is 0 Å². The lowest BCUT2D eigenvalue weighted by Gasteiger charge is -1.96. The van der Waals surface area contributed by atoms with Gasteiger partial charge in [-0.05, 0) is 12.1 Å². The SMILES string of the molecule is O=CCc1ncc2cc(Cl)ccn12. The van der Waals surface area contributed by atoms with Gasteiger partial charge >= 0.3 is 0 Å². The second-order valence-corrected chi connectivity index (χ2v) is 3.12. The van der Waals surface area contributed by atoms with E-state index >= 15 is 0 Å². The quantitative estimate of drug-likeness (QED) is 0.683. The number of carbonyl (C=O) groups is 1. The Labute approximate surface area is 80.0 Å². The van der Waals surface area contributed by atoms with Crippen LogP contribution in [0, 0.1) is 0 Å². The van der Waals surface area contributed by atoms with E-state index in [0.29, 0.717) is 11.4 Å². The molecule has 0 bridgehead atoms. The first-order chi connectivity index (χ1) is 6.31. The Morgan fingerprint density at radius 3 is 3.23 bits per heavy atom. The van der Waals surface area contributed by atoms with Crippen LogP contribution in [0.1, 0.15) is 5.82 Å². The smallest absolute Gasteiger partial charge is 0.127 e. The number of pyridine rings is 1. The Hall–Kier alpha value is -1.35. The van der Waals surface area contributed by atoms with Crippen LogP contribution in [0.3, 0.4) is 0 Å². The molecule has 0 amide bonds. The van der Waals surface area contributed by atoms with Crippen molar-refractivity contribution in [3.63, 3.8) is 0 Å². The number of aromatic nitrogens is 2. The molecule has 13 heavy (non-hydrogen) atoms. The van der Waals surface area contributed by atoms with Crippen LogP contribution in [0.4, 0.5) is 0 Å². The van der Waals surface area contributed by atoms with Gasteiger partial charge in [-0.25, -0.2) is 4.98 Å². The second-order valence-electron chi connectivity index (χ2n) is 2.69. The van der Waals surface area contributed by atoms with Crippen molar-refractivity contribution in [2.75, 3.05) is 0 Å². The minimum absolute atomic E-state index is 0.329. The van der Waals surface area contributed by atoms with Crippen molar-refractivity contribution in [1.29, 1.82) is 0 Å². The Balaban J connectivity index is 2.61. The maximum Gasteiger partial charge on any atom is 0.127 e. The average molecular weight is 195 g/mol. The van der Waals surface area contributed by atoms with Gasteiger partial charge < -0.3 is 9.20 Å². The first kappa shape index (κ1) is 8.26. The third-order valence-corrected chi connectivity index (χ3v) is 2.07. The van der Waals surface area contributed by atoms with Crippen molar-refractivity contribution in [3.8, 4) is 0 Å². The molecule has 2 aromatic heterocycles. The summed E-state index contributed by atoms with van der Waals surface area (Å²) in [6.07, 6.45) is 4.67. The molecule has 0 unspecified atom stereocenters. The van der Waals surface area contributed by atoms with E-state index in [9.17, 15) is 4.79 Å². The fourth-order valence-corrected chi connectivity index (χ4v) is 1.42. The number of nitrogens with zero attached hydrogens (tertiary/aromatic N) is 2. The van der Waals surface area contributed by atoms with E-state index in [2.05, 4.69) is 4.98 Å². The number of hydrogen-bond donors (Lipinski definition) is 0. The fourth-order valence-electron chi connectivity index (χ4n) is 1.25. The lowest BCUT2D eigenvalue weighted by molar-refractivity contribution is -0.107. The minimum Gasteiger partial charge on any atom is -0.303 e. The molecule has 3 nitrogen and oxygen atoms in total. The van der Waals surface area contributed by atoms with Gasteiger partial charge in [-0.1, -0.05) is 11.6 Å². The molecule has 2 rings (SSSR count). The molecular weight excluding hydrogens is 188 g/mol. The number of imidazole rings is 1. The molecular formula is C9H7ClN2O. The summed E-state index contributed by atoms with van der Waals surface area (Å²) in [5.41, 5.74) is 0.907. The molecule has 0 aromatic carbocycles. The lowest BCUT2D eigenvalue weighted by atomic mass is 10.4. The van der Waals surface area contributed by atoms with Crippen molar-refractivity contribution in [2.24, 2.45) is 0 Å². The molecule has 0 fully saturated rings. The fraction of sp³-hybridized carbons (Fsp3) is 0.111. The summed E-state index contributed by atoms with van der Waals surface area (Å²) >= 11 is 5.79. The molecule has 0 aliphatic carbocycles. The highest BCUT2D eigenvalue weighted by Crippen LogP contribution is 2.13. The molecule has 0 saturated carbocycles. The summed E-state index contributed by atoms with van der Waals surface area (Å²) in [5, 5.41) is 0.671. The maximum atomic E-state index is 10.3. The molecule has 0 atom stereocenters. The van der Waals surface area contributed by atoms with Crippen molar-refractivity contribution < 1.29 is 4.79 Å². The van der Waals surface area contributed by atoms with E-state index in [1.165, 1.54) is 0 Å². The zero-order chi connectivity index (χ0) is 9.26. The first-order valence-electron chi connectivity index (χ1n) is 3.86. The molecule has 0 spiro atoms. The number of carbonyl (C=O) groups excluding carboxylic acids is 1. The summed E-state index contributed by atoms with van der Waals surface area (Å²) in [4.78, 5) is 14.4. The van der Waals surface area contributed by atoms with Crippen LogP contribution in [-0.2, 0) is 11.2 Å². The molecule has 0 N–H and O–H groups in total. The molecule has 2 aromatic rings. The zero-order valence-electron chi connectivity index (χ0n) is 6.77. The third-order valence-electron chi connectivity index (χ3n) is 1.84. The van der Waals surface area contributed by atoms with E-state index in [0.717, 1.165) is 17.6 Å². The zero-order valence-corrected chi connectivity index (χ0v) is 7.53. The molecule has 0 aliphatic rings. The van der Waals surface area contributed by atoms with E-state index < -0.39 is 0 Å². The summed E-state index contributed by atoms with van der Waals surface area (Å²) in [5.74, 6) is 0.738. The predicted molar refractivity (Wildman–Crippen MR) is 50.0 cm³/mol. The van der Waals surface area contributed by atoms with E-state index in [1.807, 2.05) is 16.7 Å². The Bertz CT molecular complexity index is 450. The first-order valence-corrected chi connectivity index (χ1v) is 4.24. The van der Waals surface area contributed by atoms with Crippen molar-refractivity contribution in [2.45, 2.75) is 6.42 Å². The van der Waals surface area contributed by atoms with E-state index in [4.69, 9.17) is 11.6 Å². The highest BCUT2D eigenvalue weighted by molar-refractivity contribution is 6.30. The second kappa shape index (κ2) is 3.18. The van der Waals surface area contributed by atoms with Crippen molar-refractivity contribution >= 4 is 23.4 Å². The van der Waals surface area contributed by atoms with Gasteiger partial charge in [-0.2, -0.15) is 0 Å². The van der Waals surface area contributed by atoms with Crippen LogP contribution in [-0.4, -0.2) is 15.7 Å². The van der Waals surface area contributed by atoms with Crippen LogP contribution >= 0.6 is 11.6 Å². The van der Waals surface area contributed by atoms with Crippen molar-refractivity contribution in [3.05, 3.63) is 35.4 Å². The normalized spacial score (nSPS) is 10.5. The van der Waals surface area contributed by atoms with Gasteiger partial charge in [0.1, 0.15) is 12.1 Å². The van der Waals surface area contributed by atoms with Gasteiger partial charge in [-0.3, -0.25) is 0 Å². The number of fused-ring (bicyclic) bond motifs is 1. The highest BCUT2D eigenvalue weighted by Gasteiger charge is 2.01. The van der Waals surface area contributed by atoms with Crippen molar-refractivity contribution in [1.82, 2.24) is 9.38 Å². The molecule has 0 saturated heterocycles.